The van der Waals surface area contributed by atoms with Crippen LogP contribution in [0.1, 0.15) is 34.8 Å². The molecule has 2 aromatic rings. The Balaban J connectivity index is 1.47. The maximum atomic E-state index is 12.0. The number of aliphatic hydroxyl groups excluding tert-OH is 1. The van der Waals surface area contributed by atoms with Gasteiger partial charge in [0, 0.05) is 44.8 Å². The summed E-state index contributed by atoms with van der Waals surface area (Å²) in [6.07, 6.45) is -0.152. The lowest BCUT2D eigenvalue weighted by Crippen LogP contribution is -2.49. The number of aliphatic hydroxyl groups is 1. The van der Waals surface area contributed by atoms with Crippen molar-refractivity contribution in [1.82, 2.24) is 4.90 Å². The van der Waals surface area contributed by atoms with Crippen LogP contribution >= 0.6 is 0 Å². The Morgan fingerprint density at radius 2 is 1.79 bits per heavy atom. The molecule has 5 nitrogen and oxygen atoms in total. The van der Waals surface area contributed by atoms with E-state index in [9.17, 15) is 9.90 Å². The maximum Gasteiger partial charge on any atom is 0.166 e. The zero-order valence-corrected chi connectivity index (χ0v) is 17.7. The summed E-state index contributed by atoms with van der Waals surface area (Å²) in [4.78, 5) is 16.7. The number of hydrogen-bond acceptors (Lipinski definition) is 5. The minimum atomic E-state index is -0.590. The predicted octanol–water partition coefficient (Wildman–Crippen LogP) is 3.46. The van der Waals surface area contributed by atoms with E-state index in [0.29, 0.717) is 24.3 Å². The Kier molecular flexibility index (Phi) is 7.29. The molecule has 0 saturated carbocycles. The number of nitrogens with zero attached hydrogens (tertiary/aromatic N) is 2. The number of carbonyl (C=O) groups excluding carboxylic acids is 1. The van der Waals surface area contributed by atoms with E-state index in [1.165, 1.54) is 16.8 Å². The molecular weight excluding hydrogens is 364 g/mol. The Hall–Kier alpha value is -2.37. The Morgan fingerprint density at radius 3 is 2.48 bits per heavy atom. The van der Waals surface area contributed by atoms with Crippen molar-refractivity contribution in [2.24, 2.45) is 0 Å². The van der Waals surface area contributed by atoms with E-state index in [4.69, 9.17) is 4.74 Å². The lowest BCUT2D eigenvalue weighted by Gasteiger charge is -2.37. The maximum absolute atomic E-state index is 12.0. The van der Waals surface area contributed by atoms with Gasteiger partial charge in [-0.1, -0.05) is 25.1 Å². The SMILES string of the molecule is CCC(=O)c1ccccc1OCC(O)CN1CCN(c2ccc(C)c(C)c2)CC1. The number of β-amino-alcohol motifs (C(OH)–C–C–N with tert-alkyl or cyclic N) is 1. The highest BCUT2D eigenvalue weighted by Crippen LogP contribution is 2.21. The summed E-state index contributed by atoms with van der Waals surface area (Å²) in [5, 5.41) is 10.4. The van der Waals surface area contributed by atoms with E-state index >= 15 is 0 Å². The molecule has 0 bridgehead atoms. The molecule has 0 aliphatic carbocycles. The van der Waals surface area contributed by atoms with Crippen LogP contribution in [0.2, 0.25) is 0 Å². The number of hydrogen-bond donors (Lipinski definition) is 1. The number of anilines is 1. The molecule has 156 valence electrons. The van der Waals surface area contributed by atoms with Gasteiger partial charge in [0.1, 0.15) is 18.5 Å². The fourth-order valence-corrected chi connectivity index (χ4v) is 3.66. The normalized spacial score (nSPS) is 15.9. The highest BCUT2D eigenvalue weighted by atomic mass is 16.5. The van der Waals surface area contributed by atoms with Crippen molar-refractivity contribution in [2.45, 2.75) is 33.3 Å². The number of ketones is 1. The standard InChI is InChI=1S/C24H32N2O3/c1-4-23(28)22-7-5-6-8-24(22)29-17-21(27)16-25-11-13-26(14-12-25)20-10-9-18(2)19(3)15-20/h5-10,15,21,27H,4,11-14,16-17H2,1-3H3. The summed E-state index contributed by atoms with van der Waals surface area (Å²) < 4.78 is 5.77. The Labute approximate surface area is 173 Å². The van der Waals surface area contributed by atoms with Gasteiger partial charge < -0.3 is 14.7 Å². The van der Waals surface area contributed by atoms with Gasteiger partial charge in [-0.15, -0.1) is 0 Å². The Bertz CT molecular complexity index is 829. The average molecular weight is 397 g/mol. The van der Waals surface area contributed by atoms with E-state index < -0.39 is 6.10 Å². The van der Waals surface area contributed by atoms with E-state index in [1.807, 2.05) is 19.1 Å². The zero-order valence-electron chi connectivity index (χ0n) is 17.7. The van der Waals surface area contributed by atoms with Gasteiger partial charge in [-0.05, 0) is 49.2 Å². The van der Waals surface area contributed by atoms with E-state index in [-0.39, 0.29) is 12.4 Å². The van der Waals surface area contributed by atoms with Crippen LogP contribution in [0.3, 0.4) is 0 Å². The van der Waals surface area contributed by atoms with Gasteiger partial charge in [-0.3, -0.25) is 9.69 Å². The second kappa shape index (κ2) is 9.90. The van der Waals surface area contributed by atoms with Gasteiger partial charge in [0.15, 0.2) is 5.78 Å². The van der Waals surface area contributed by atoms with Gasteiger partial charge in [0.05, 0.1) is 5.56 Å². The van der Waals surface area contributed by atoms with Crippen LogP contribution in [-0.2, 0) is 0 Å². The summed E-state index contributed by atoms with van der Waals surface area (Å²) in [6, 6.07) is 13.9. The van der Waals surface area contributed by atoms with Crippen LogP contribution in [0.15, 0.2) is 42.5 Å². The third kappa shape index (κ3) is 5.58. The monoisotopic (exact) mass is 396 g/mol. The number of para-hydroxylation sites is 1. The van der Waals surface area contributed by atoms with Crippen molar-refractivity contribution in [3.05, 3.63) is 59.2 Å². The topological polar surface area (TPSA) is 53.0 Å². The minimum Gasteiger partial charge on any atom is -0.490 e. The number of rotatable bonds is 8. The summed E-state index contributed by atoms with van der Waals surface area (Å²) in [7, 11) is 0. The number of piperazine rings is 1. The smallest absolute Gasteiger partial charge is 0.166 e. The molecule has 29 heavy (non-hydrogen) atoms. The molecule has 1 saturated heterocycles. The lowest BCUT2D eigenvalue weighted by atomic mass is 10.1. The molecule has 1 unspecified atom stereocenters. The van der Waals surface area contributed by atoms with Crippen LogP contribution < -0.4 is 9.64 Å². The van der Waals surface area contributed by atoms with Crippen LogP contribution in [0.4, 0.5) is 5.69 Å². The third-order valence-electron chi connectivity index (χ3n) is 5.64. The molecule has 0 radical (unpaired) electrons. The number of aryl methyl sites for hydroxylation is 2. The predicted molar refractivity (Wildman–Crippen MR) is 117 cm³/mol. The molecule has 1 aliphatic heterocycles. The van der Waals surface area contributed by atoms with Crippen LogP contribution in [0, 0.1) is 13.8 Å². The molecular formula is C24H32N2O3. The number of Topliss-reactive ketones (excluding diaryl/α,β-unsaturated/α-hetero) is 1. The van der Waals surface area contributed by atoms with Crippen LogP contribution in [-0.4, -0.2) is 61.2 Å². The fraction of sp³-hybridized carbons (Fsp3) is 0.458. The van der Waals surface area contributed by atoms with E-state index in [0.717, 1.165) is 26.2 Å². The van der Waals surface area contributed by atoms with Crippen molar-refractivity contribution < 1.29 is 14.6 Å². The third-order valence-corrected chi connectivity index (χ3v) is 5.64. The average Bonchev–Trinajstić information content (AvgIpc) is 2.74. The van der Waals surface area contributed by atoms with Crippen molar-refractivity contribution in [3.8, 4) is 5.75 Å². The molecule has 1 atom stereocenters. The van der Waals surface area contributed by atoms with Crippen molar-refractivity contribution in [2.75, 3.05) is 44.2 Å². The molecule has 1 N–H and O–H groups in total. The van der Waals surface area contributed by atoms with Gasteiger partial charge in [0.2, 0.25) is 0 Å². The highest BCUT2D eigenvalue weighted by molar-refractivity contribution is 5.98. The molecule has 0 spiro atoms. The minimum absolute atomic E-state index is 0.0533. The molecule has 1 aliphatic rings. The van der Waals surface area contributed by atoms with Gasteiger partial charge in [0.25, 0.3) is 0 Å². The van der Waals surface area contributed by atoms with Crippen LogP contribution in [0.25, 0.3) is 0 Å². The summed E-state index contributed by atoms with van der Waals surface area (Å²) in [5.74, 6) is 0.607. The molecule has 0 aromatic heterocycles. The molecule has 3 rings (SSSR count). The number of benzene rings is 2. The van der Waals surface area contributed by atoms with Crippen LogP contribution in [0.5, 0.6) is 5.75 Å². The van der Waals surface area contributed by atoms with E-state index in [1.54, 1.807) is 12.1 Å². The highest BCUT2D eigenvalue weighted by Gasteiger charge is 2.20. The zero-order chi connectivity index (χ0) is 20.8. The van der Waals surface area contributed by atoms with Crippen molar-refractivity contribution >= 4 is 11.5 Å². The first-order valence-electron chi connectivity index (χ1n) is 10.5. The molecule has 1 heterocycles. The van der Waals surface area contributed by atoms with Crippen molar-refractivity contribution in [1.29, 1.82) is 0 Å². The largest absolute Gasteiger partial charge is 0.490 e. The second-order valence-corrected chi connectivity index (χ2v) is 7.79. The van der Waals surface area contributed by atoms with Gasteiger partial charge in [-0.2, -0.15) is 0 Å². The molecule has 5 heteroatoms. The van der Waals surface area contributed by atoms with Gasteiger partial charge >= 0.3 is 0 Å². The molecule has 2 aromatic carbocycles. The first-order chi connectivity index (χ1) is 14.0. The number of ether oxygens (including phenoxy) is 1. The summed E-state index contributed by atoms with van der Waals surface area (Å²) >= 11 is 0. The second-order valence-electron chi connectivity index (χ2n) is 7.79. The van der Waals surface area contributed by atoms with E-state index in [2.05, 4.69) is 41.8 Å². The number of carbonyl (C=O) groups is 1. The Morgan fingerprint density at radius 1 is 1.07 bits per heavy atom. The first kappa shape index (κ1) is 21.3. The summed E-state index contributed by atoms with van der Waals surface area (Å²) in [5.41, 5.74) is 4.50. The molecule has 0 amide bonds. The fourth-order valence-electron chi connectivity index (χ4n) is 3.66. The first-order valence-corrected chi connectivity index (χ1v) is 10.5. The van der Waals surface area contributed by atoms with Gasteiger partial charge in [-0.25, -0.2) is 0 Å². The lowest BCUT2D eigenvalue weighted by molar-refractivity contribution is 0.0655. The summed E-state index contributed by atoms with van der Waals surface area (Å²) in [6.45, 7) is 10.6. The van der Waals surface area contributed by atoms with Crippen molar-refractivity contribution in [3.63, 3.8) is 0 Å². The molecule has 1 fully saturated rings. The quantitative estimate of drug-likeness (QED) is 0.693.